The molecular weight excluding hydrogens is 208 g/mol. The molecule has 1 fully saturated rings. The minimum absolute atomic E-state index is 0.450. The summed E-state index contributed by atoms with van der Waals surface area (Å²) in [6.45, 7) is 15.5. The number of hydrogen-bond acceptors (Lipinski definition) is 2. The first-order valence-electron chi connectivity index (χ1n) is 7.56. The summed E-state index contributed by atoms with van der Waals surface area (Å²) < 4.78 is 0. The van der Waals surface area contributed by atoms with E-state index in [1.807, 2.05) is 0 Å². The van der Waals surface area contributed by atoms with E-state index in [0.29, 0.717) is 5.41 Å². The van der Waals surface area contributed by atoms with Crippen molar-refractivity contribution in [3.05, 3.63) is 0 Å². The quantitative estimate of drug-likeness (QED) is 0.735. The van der Waals surface area contributed by atoms with Crippen molar-refractivity contribution in [1.29, 1.82) is 0 Å². The van der Waals surface area contributed by atoms with Gasteiger partial charge in [-0.3, -0.25) is 0 Å². The lowest BCUT2D eigenvalue weighted by Crippen LogP contribution is -2.45. The van der Waals surface area contributed by atoms with Crippen molar-refractivity contribution < 1.29 is 0 Å². The maximum absolute atomic E-state index is 3.53. The first kappa shape index (κ1) is 15.0. The van der Waals surface area contributed by atoms with Crippen LogP contribution in [0.25, 0.3) is 0 Å². The smallest absolute Gasteiger partial charge is 0.00475 e. The van der Waals surface area contributed by atoms with Gasteiger partial charge in [0.2, 0.25) is 0 Å². The molecule has 0 aromatic heterocycles. The predicted octanol–water partition coefficient (Wildman–Crippen LogP) is 3.13. The number of nitrogens with zero attached hydrogens (tertiary/aromatic N) is 1. The van der Waals surface area contributed by atoms with Gasteiger partial charge in [0, 0.05) is 19.6 Å². The zero-order chi connectivity index (χ0) is 12.7. The SMILES string of the molecule is CCNCC(C)(CC)CN1CCCC(CC)C1. The highest BCUT2D eigenvalue weighted by Gasteiger charge is 2.27. The highest BCUT2D eigenvalue weighted by atomic mass is 15.1. The van der Waals surface area contributed by atoms with Gasteiger partial charge in [0.25, 0.3) is 0 Å². The van der Waals surface area contributed by atoms with Gasteiger partial charge in [0.15, 0.2) is 0 Å². The average molecular weight is 240 g/mol. The summed E-state index contributed by atoms with van der Waals surface area (Å²) in [5.74, 6) is 0.948. The van der Waals surface area contributed by atoms with Gasteiger partial charge in [-0.2, -0.15) is 0 Å². The number of likely N-dealkylation sites (tertiary alicyclic amines) is 1. The van der Waals surface area contributed by atoms with Crippen LogP contribution in [-0.4, -0.2) is 37.6 Å². The van der Waals surface area contributed by atoms with E-state index in [-0.39, 0.29) is 0 Å². The Bertz CT molecular complexity index is 205. The minimum atomic E-state index is 0.450. The Kier molecular flexibility index (Phi) is 6.50. The molecule has 1 rings (SSSR count). The van der Waals surface area contributed by atoms with E-state index >= 15 is 0 Å². The molecule has 2 heteroatoms. The van der Waals surface area contributed by atoms with Gasteiger partial charge in [-0.25, -0.2) is 0 Å². The third-order valence-corrected chi connectivity index (χ3v) is 4.44. The molecule has 2 unspecified atom stereocenters. The number of rotatable bonds is 7. The second-order valence-corrected chi connectivity index (χ2v) is 6.10. The van der Waals surface area contributed by atoms with Gasteiger partial charge in [0.1, 0.15) is 0 Å². The molecule has 1 heterocycles. The molecule has 1 N–H and O–H groups in total. The van der Waals surface area contributed by atoms with Crippen LogP contribution in [0.1, 0.15) is 53.4 Å². The summed E-state index contributed by atoms with van der Waals surface area (Å²) in [4.78, 5) is 2.71. The topological polar surface area (TPSA) is 15.3 Å². The molecule has 0 bridgehead atoms. The average Bonchev–Trinajstić information content (AvgIpc) is 2.36. The largest absolute Gasteiger partial charge is 0.316 e. The summed E-state index contributed by atoms with van der Waals surface area (Å²) >= 11 is 0. The number of hydrogen-bond donors (Lipinski definition) is 1. The molecule has 0 aromatic carbocycles. The Balaban J connectivity index is 2.43. The van der Waals surface area contributed by atoms with E-state index in [0.717, 1.165) is 19.0 Å². The van der Waals surface area contributed by atoms with Crippen LogP contribution in [0.3, 0.4) is 0 Å². The summed E-state index contributed by atoms with van der Waals surface area (Å²) in [6.07, 6.45) is 5.47. The second kappa shape index (κ2) is 7.38. The molecule has 0 aromatic rings. The third kappa shape index (κ3) is 4.97. The van der Waals surface area contributed by atoms with E-state index < -0.39 is 0 Å². The molecule has 2 atom stereocenters. The zero-order valence-electron chi connectivity index (χ0n) is 12.4. The Morgan fingerprint density at radius 2 is 2.06 bits per heavy atom. The van der Waals surface area contributed by atoms with Crippen LogP contribution in [0.2, 0.25) is 0 Å². The van der Waals surface area contributed by atoms with Crippen molar-refractivity contribution in [3.63, 3.8) is 0 Å². The third-order valence-electron chi connectivity index (χ3n) is 4.44. The molecule has 1 aliphatic heterocycles. The predicted molar refractivity (Wildman–Crippen MR) is 76.4 cm³/mol. The Morgan fingerprint density at radius 3 is 2.65 bits per heavy atom. The van der Waals surface area contributed by atoms with Gasteiger partial charge in [-0.05, 0) is 43.7 Å². The van der Waals surface area contributed by atoms with E-state index in [2.05, 4.69) is 37.9 Å². The van der Waals surface area contributed by atoms with Gasteiger partial charge in [0.05, 0.1) is 0 Å². The van der Waals surface area contributed by atoms with Crippen molar-refractivity contribution in [2.45, 2.75) is 53.4 Å². The van der Waals surface area contributed by atoms with Gasteiger partial charge >= 0.3 is 0 Å². The molecular formula is C15H32N2. The molecule has 0 saturated carbocycles. The molecule has 102 valence electrons. The maximum Gasteiger partial charge on any atom is 0.00475 e. The second-order valence-electron chi connectivity index (χ2n) is 6.10. The fourth-order valence-corrected chi connectivity index (χ4v) is 2.89. The maximum atomic E-state index is 3.53. The molecule has 2 nitrogen and oxygen atoms in total. The summed E-state index contributed by atoms with van der Waals surface area (Å²) in [6, 6.07) is 0. The lowest BCUT2D eigenvalue weighted by molar-refractivity contribution is 0.106. The fraction of sp³-hybridized carbons (Fsp3) is 1.00. The van der Waals surface area contributed by atoms with Crippen LogP contribution >= 0.6 is 0 Å². The molecule has 0 aliphatic carbocycles. The van der Waals surface area contributed by atoms with Crippen molar-refractivity contribution in [2.24, 2.45) is 11.3 Å². The molecule has 0 radical (unpaired) electrons. The van der Waals surface area contributed by atoms with Gasteiger partial charge < -0.3 is 10.2 Å². The lowest BCUT2D eigenvalue weighted by atomic mass is 9.85. The van der Waals surface area contributed by atoms with E-state index in [9.17, 15) is 0 Å². The zero-order valence-corrected chi connectivity index (χ0v) is 12.4. The van der Waals surface area contributed by atoms with Crippen LogP contribution in [0.15, 0.2) is 0 Å². The van der Waals surface area contributed by atoms with Crippen LogP contribution in [0, 0.1) is 11.3 Å². The van der Waals surface area contributed by atoms with E-state index in [4.69, 9.17) is 0 Å². The molecule has 17 heavy (non-hydrogen) atoms. The summed E-state index contributed by atoms with van der Waals surface area (Å²) in [5.41, 5.74) is 0.450. The number of piperidine rings is 1. The first-order chi connectivity index (χ1) is 8.13. The van der Waals surface area contributed by atoms with E-state index in [1.54, 1.807) is 0 Å². The highest BCUT2D eigenvalue weighted by molar-refractivity contribution is 4.82. The lowest BCUT2D eigenvalue weighted by Gasteiger charge is -2.39. The van der Waals surface area contributed by atoms with Gasteiger partial charge in [-0.1, -0.05) is 34.1 Å². The molecule has 1 aliphatic rings. The van der Waals surface area contributed by atoms with Crippen LogP contribution in [0.5, 0.6) is 0 Å². The van der Waals surface area contributed by atoms with Crippen molar-refractivity contribution >= 4 is 0 Å². The fourth-order valence-electron chi connectivity index (χ4n) is 2.89. The van der Waals surface area contributed by atoms with Crippen molar-refractivity contribution in [3.8, 4) is 0 Å². The monoisotopic (exact) mass is 240 g/mol. The van der Waals surface area contributed by atoms with Crippen LogP contribution < -0.4 is 5.32 Å². The van der Waals surface area contributed by atoms with Crippen molar-refractivity contribution in [2.75, 3.05) is 32.7 Å². The van der Waals surface area contributed by atoms with E-state index in [1.165, 1.54) is 45.3 Å². The Labute approximate surface area is 108 Å². The van der Waals surface area contributed by atoms with Crippen molar-refractivity contribution in [1.82, 2.24) is 10.2 Å². The molecule has 1 saturated heterocycles. The highest BCUT2D eigenvalue weighted by Crippen LogP contribution is 2.26. The molecule has 0 spiro atoms. The Morgan fingerprint density at radius 1 is 1.29 bits per heavy atom. The van der Waals surface area contributed by atoms with Crippen LogP contribution in [-0.2, 0) is 0 Å². The summed E-state index contributed by atoms with van der Waals surface area (Å²) in [5, 5.41) is 3.53. The first-order valence-corrected chi connectivity index (χ1v) is 7.56. The standard InChI is InChI=1S/C15H32N2/c1-5-14-9-8-10-17(11-14)13-15(4,6-2)12-16-7-3/h14,16H,5-13H2,1-4H3. The Hall–Kier alpha value is -0.0800. The normalized spacial score (nSPS) is 25.8. The van der Waals surface area contributed by atoms with Gasteiger partial charge in [-0.15, -0.1) is 0 Å². The minimum Gasteiger partial charge on any atom is -0.316 e. The number of nitrogens with one attached hydrogen (secondary N) is 1. The van der Waals surface area contributed by atoms with Crippen LogP contribution in [0.4, 0.5) is 0 Å². The molecule has 0 amide bonds. The summed E-state index contributed by atoms with van der Waals surface area (Å²) in [7, 11) is 0.